The topological polar surface area (TPSA) is 61.4 Å². The van der Waals surface area contributed by atoms with Crippen molar-refractivity contribution >= 4 is 17.6 Å². The van der Waals surface area contributed by atoms with Crippen LogP contribution in [0.25, 0.3) is 0 Å². The molecule has 1 atom stereocenters. The van der Waals surface area contributed by atoms with Crippen LogP contribution < -0.4 is 15.5 Å². The van der Waals surface area contributed by atoms with Crippen molar-refractivity contribution in [3.05, 3.63) is 30.1 Å². The highest BCUT2D eigenvalue weighted by molar-refractivity contribution is 5.95. The molecule has 1 aliphatic heterocycles. The lowest BCUT2D eigenvalue weighted by Gasteiger charge is -2.21. The van der Waals surface area contributed by atoms with E-state index >= 15 is 0 Å². The molecule has 1 aromatic rings. The molecule has 1 fully saturated rings. The summed E-state index contributed by atoms with van der Waals surface area (Å²) in [6.07, 6.45) is 0.382. The fraction of sp³-hybridized carbons (Fsp3) is 0.500. The molecule has 0 aliphatic carbocycles. The number of benzene rings is 1. The highest BCUT2D eigenvalue weighted by Crippen LogP contribution is 2.24. The summed E-state index contributed by atoms with van der Waals surface area (Å²) in [7, 11) is 0. The summed E-state index contributed by atoms with van der Waals surface area (Å²) >= 11 is 0. The highest BCUT2D eigenvalue weighted by atomic mass is 19.1. The molecule has 1 aliphatic rings. The van der Waals surface area contributed by atoms with Crippen LogP contribution >= 0.6 is 0 Å². The molecule has 0 saturated carbocycles. The van der Waals surface area contributed by atoms with E-state index in [1.54, 1.807) is 17.0 Å². The minimum Gasteiger partial charge on any atom is -0.338 e. The molecule has 2 rings (SSSR count). The summed E-state index contributed by atoms with van der Waals surface area (Å²) in [6, 6.07) is 5.63. The summed E-state index contributed by atoms with van der Waals surface area (Å²) in [4.78, 5) is 25.4. The minimum atomic E-state index is -0.326. The predicted octanol–water partition coefficient (Wildman–Crippen LogP) is 2.28. The van der Waals surface area contributed by atoms with Crippen molar-refractivity contribution in [1.29, 1.82) is 0 Å². The van der Waals surface area contributed by atoms with Gasteiger partial charge in [0, 0.05) is 36.7 Å². The lowest BCUT2D eigenvalue weighted by Crippen LogP contribution is -2.47. The van der Waals surface area contributed by atoms with Crippen LogP contribution in [0, 0.1) is 11.7 Å². The molecule has 3 amide bonds. The van der Waals surface area contributed by atoms with E-state index in [1.807, 2.05) is 20.8 Å². The number of rotatable bonds is 3. The standard InChI is InChI=1S/C16H22FN3O2/c1-16(2,3)19-15(22)18-9-11-8-14(21)20(10-11)13-6-4-12(17)5-7-13/h4-7,11H,8-10H2,1-3H3,(H2,18,19,22). The molecule has 120 valence electrons. The number of anilines is 1. The van der Waals surface area contributed by atoms with E-state index in [1.165, 1.54) is 12.1 Å². The average Bonchev–Trinajstić information content (AvgIpc) is 2.77. The minimum absolute atomic E-state index is 0.00497. The Balaban J connectivity index is 1.87. The Hall–Kier alpha value is -2.11. The van der Waals surface area contributed by atoms with Crippen molar-refractivity contribution in [2.75, 3.05) is 18.0 Å². The summed E-state index contributed by atoms with van der Waals surface area (Å²) < 4.78 is 12.9. The van der Waals surface area contributed by atoms with Crippen molar-refractivity contribution in [3.63, 3.8) is 0 Å². The number of hydrogen-bond acceptors (Lipinski definition) is 2. The molecule has 0 spiro atoms. The van der Waals surface area contributed by atoms with Crippen LogP contribution in [0.3, 0.4) is 0 Å². The second kappa shape index (κ2) is 6.34. The number of urea groups is 1. The first-order valence-corrected chi connectivity index (χ1v) is 7.36. The molecule has 0 aromatic heterocycles. The Bertz CT molecular complexity index is 552. The molecule has 1 aromatic carbocycles. The molecule has 0 radical (unpaired) electrons. The van der Waals surface area contributed by atoms with Gasteiger partial charge in [-0.15, -0.1) is 0 Å². The van der Waals surface area contributed by atoms with E-state index in [-0.39, 0.29) is 29.2 Å². The van der Waals surface area contributed by atoms with Crippen molar-refractivity contribution in [1.82, 2.24) is 10.6 Å². The molecule has 1 heterocycles. The fourth-order valence-corrected chi connectivity index (χ4v) is 2.41. The van der Waals surface area contributed by atoms with Crippen LogP contribution in [-0.2, 0) is 4.79 Å². The van der Waals surface area contributed by atoms with E-state index in [4.69, 9.17) is 0 Å². The third-order valence-electron chi connectivity index (χ3n) is 3.38. The van der Waals surface area contributed by atoms with E-state index in [2.05, 4.69) is 10.6 Å². The number of amides is 3. The largest absolute Gasteiger partial charge is 0.338 e. The number of hydrogen-bond donors (Lipinski definition) is 2. The first-order chi connectivity index (χ1) is 10.2. The maximum absolute atomic E-state index is 12.9. The van der Waals surface area contributed by atoms with Gasteiger partial charge in [-0.2, -0.15) is 0 Å². The van der Waals surface area contributed by atoms with Gasteiger partial charge in [0.15, 0.2) is 0 Å². The van der Waals surface area contributed by atoms with Crippen LogP contribution in [0.15, 0.2) is 24.3 Å². The number of carbonyl (C=O) groups is 2. The third-order valence-corrected chi connectivity index (χ3v) is 3.38. The molecule has 22 heavy (non-hydrogen) atoms. The summed E-state index contributed by atoms with van der Waals surface area (Å²) in [5.41, 5.74) is 0.392. The van der Waals surface area contributed by atoms with Gasteiger partial charge in [-0.25, -0.2) is 9.18 Å². The summed E-state index contributed by atoms with van der Waals surface area (Å²) in [5.74, 6) is -0.273. The van der Waals surface area contributed by atoms with Crippen LogP contribution in [-0.4, -0.2) is 30.6 Å². The second-order valence-corrected chi connectivity index (χ2v) is 6.64. The van der Waals surface area contributed by atoms with Gasteiger partial charge in [0.1, 0.15) is 5.82 Å². The molecule has 1 unspecified atom stereocenters. The van der Waals surface area contributed by atoms with Crippen molar-refractivity contribution in [3.8, 4) is 0 Å². The second-order valence-electron chi connectivity index (χ2n) is 6.64. The first kappa shape index (κ1) is 16.3. The predicted molar refractivity (Wildman–Crippen MR) is 83.1 cm³/mol. The van der Waals surface area contributed by atoms with Gasteiger partial charge in [0.05, 0.1) is 0 Å². The molecule has 2 N–H and O–H groups in total. The molecule has 5 nitrogen and oxygen atoms in total. The normalized spacial score (nSPS) is 18.5. The molecule has 6 heteroatoms. The van der Waals surface area contributed by atoms with Gasteiger partial charge in [-0.1, -0.05) is 0 Å². The molecule has 0 bridgehead atoms. The van der Waals surface area contributed by atoms with Gasteiger partial charge in [-0.05, 0) is 45.0 Å². The average molecular weight is 307 g/mol. The first-order valence-electron chi connectivity index (χ1n) is 7.36. The van der Waals surface area contributed by atoms with Crippen LogP contribution in [0.1, 0.15) is 27.2 Å². The van der Waals surface area contributed by atoms with Gasteiger partial charge in [0.25, 0.3) is 0 Å². The maximum atomic E-state index is 12.9. The van der Waals surface area contributed by atoms with Crippen LogP contribution in [0.2, 0.25) is 0 Å². The van der Waals surface area contributed by atoms with E-state index < -0.39 is 0 Å². The van der Waals surface area contributed by atoms with E-state index in [0.717, 1.165) is 0 Å². The highest BCUT2D eigenvalue weighted by Gasteiger charge is 2.30. The zero-order valence-corrected chi connectivity index (χ0v) is 13.1. The number of nitrogens with zero attached hydrogens (tertiary/aromatic N) is 1. The summed E-state index contributed by atoms with van der Waals surface area (Å²) in [5, 5.41) is 5.61. The van der Waals surface area contributed by atoms with E-state index in [9.17, 15) is 14.0 Å². The third kappa shape index (κ3) is 4.44. The van der Waals surface area contributed by atoms with Crippen molar-refractivity contribution < 1.29 is 14.0 Å². The van der Waals surface area contributed by atoms with Crippen LogP contribution in [0.5, 0.6) is 0 Å². The zero-order chi connectivity index (χ0) is 16.3. The molecular weight excluding hydrogens is 285 g/mol. The fourth-order valence-electron chi connectivity index (χ4n) is 2.41. The lowest BCUT2D eigenvalue weighted by molar-refractivity contribution is -0.117. The van der Waals surface area contributed by atoms with Gasteiger partial charge in [-0.3, -0.25) is 4.79 Å². The van der Waals surface area contributed by atoms with Gasteiger partial charge in [0.2, 0.25) is 5.91 Å². The SMILES string of the molecule is CC(C)(C)NC(=O)NCC1CC(=O)N(c2ccc(F)cc2)C1. The van der Waals surface area contributed by atoms with Crippen molar-refractivity contribution in [2.24, 2.45) is 5.92 Å². The Morgan fingerprint density at radius 3 is 2.55 bits per heavy atom. The zero-order valence-electron chi connectivity index (χ0n) is 13.1. The van der Waals surface area contributed by atoms with Gasteiger partial charge >= 0.3 is 6.03 Å². The molecular formula is C16H22FN3O2. The maximum Gasteiger partial charge on any atom is 0.315 e. The number of nitrogens with one attached hydrogen (secondary N) is 2. The van der Waals surface area contributed by atoms with Crippen molar-refractivity contribution in [2.45, 2.75) is 32.7 Å². The Morgan fingerprint density at radius 1 is 1.32 bits per heavy atom. The number of halogens is 1. The number of carbonyl (C=O) groups excluding carboxylic acids is 2. The Kier molecular flexibility index (Phi) is 4.68. The van der Waals surface area contributed by atoms with Crippen LogP contribution in [0.4, 0.5) is 14.9 Å². The summed E-state index contributed by atoms with van der Waals surface area (Å²) in [6.45, 7) is 6.68. The Labute approximate surface area is 129 Å². The molecule has 1 saturated heterocycles. The smallest absolute Gasteiger partial charge is 0.315 e. The van der Waals surface area contributed by atoms with Gasteiger partial charge < -0.3 is 15.5 Å². The Morgan fingerprint density at radius 2 is 1.95 bits per heavy atom. The lowest BCUT2D eigenvalue weighted by atomic mass is 10.1. The monoisotopic (exact) mass is 307 g/mol. The quantitative estimate of drug-likeness (QED) is 0.900. The van der Waals surface area contributed by atoms with E-state index in [0.29, 0.717) is 25.2 Å².